The molecule has 0 bridgehead atoms. The van der Waals surface area contributed by atoms with Gasteiger partial charge in [-0.15, -0.1) is 0 Å². The molecule has 110 valence electrons. The number of thiocarbonyl (C=S) groups is 1. The van der Waals surface area contributed by atoms with Gasteiger partial charge in [0.15, 0.2) is 5.11 Å². The maximum Gasteiger partial charge on any atom is 0.170 e. The number of hydrogen-bond acceptors (Lipinski definition) is 2. The average Bonchev–Trinajstić information content (AvgIpc) is 2.41. The Morgan fingerprint density at radius 2 is 2.15 bits per heavy atom. The van der Waals surface area contributed by atoms with E-state index in [1.54, 1.807) is 0 Å². The van der Waals surface area contributed by atoms with Crippen molar-refractivity contribution < 1.29 is 0 Å². The van der Waals surface area contributed by atoms with E-state index >= 15 is 0 Å². The van der Waals surface area contributed by atoms with Gasteiger partial charge < -0.3 is 15.5 Å². The third-order valence-electron chi connectivity index (χ3n) is 4.04. The number of nitrogens with zero attached hydrogens (tertiary/aromatic N) is 1. The number of hydrogen-bond donors (Lipinski definition) is 2. The second kappa shape index (κ2) is 7.04. The van der Waals surface area contributed by atoms with Gasteiger partial charge in [0.25, 0.3) is 0 Å². The van der Waals surface area contributed by atoms with Gasteiger partial charge in [-0.2, -0.15) is 0 Å². The fourth-order valence-electron chi connectivity index (χ4n) is 2.67. The van der Waals surface area contributed by atoms with Crippen LogP contribution < -0.4 is 10.6 Å². The van der Waals surface area contributed by atoms with Crippen LogP contribution in [0.3, 0.4) is 0 Å². The lowest BCUT2D eigenvalue weighted by Crippen LogP contribution is -2.40. The second-order valence-corrected chi connectivity index (χ2v) is 6.31. The van der Waals surface area contributed by atoms with Crippen molar-refractivity contribution >= 4 is 23.0 Å². The molecular weight excluding hydrogens is 266 g/mol. The first-order chi connectivity index (χ1) is 9.54. The minimum Gasteiger partial charge on any atom is -0.362 e. The van der Waals surface area contributed by atoms with Crippen molar-refractivity contribution in [3.8, 4) is 0 Å². The molecule has 0 aromatic heterocycles. The molecule has 0 unspecified atom stereocenters. The number of rotatable bonds is 3. The quantitative estimate of drug-likeness (QED) is 0.837. The molecule has 0 amide bonds. The summed E-state index contributed by atoms with van der Waals surface area (Å²) in [6, 6.07) is 6.33. The number of aryl methyl sites for hydroxylation is 2. The van der Waals surface area contributed by atoms with Crippen molar-refractivity contribution in [3.63, 3.8) is 0 Å². The van der Waals surface area contributed by atoms with Crippen LogP contribution in [0.25, 0.3) is 0 Å². The molecule has 0 radical (unpaired) electrons. The van der Waals surface area contributed by atoms with Crippen LogP contribution in [0.2, 0.25) is 0 Å². The zero-order chi connectivity index (χ0) is 14.5. The van der Waals surface area contributed by atoms with Gasteiger partial charge in [-0.3, -0.25) is 0 Å². The van der Waals surface area contributed by atoms with Gasteiger partial charge >= 0.3 is 0 Å². The van der Waals surface area contributed by atoms with E-state index in [0.717, 1.165) is 17.3 Å². The van der Waals surface area contributed by atoms with Gasteiger partial charge in [-0.05, 0) is 81.7 Å². The minimum atomic E-state index is 0.702. The summed E-state index contributed by atoms with van der Waals surface area (Å²) in [5, 5.41) is 7.34. The summed E-state index contributed by atoms with van der Waals surface area (Å²) in [5.41, 5.74) is 3.65. The van der Waals surface area contributed by atoms with Crippen LogP contribution in [-0.4, -0.2) is 36.7 Å². The monoisotopic (exact) mass is 291 g/mol. The standard InChI is InChI=1S/C16H25N3S/c1-12-6-7-15(9-13(12)2)18-16(20)17-10-14-5-4-8-19(3)11-14/h6-7,9,14H,4-5,8,10-11H2,1-3H3,(H2,17,18,20)/t14-/m1/s1. The van der Waals surface area contributed by atoms with Gasteiger partial charge in [0.1, 0.15) is 0 Å². The molecule has 3 nitrogen and oxygen atoms in total. The molecule has 20 heavy (non-hydrogen) atoms. The largest absolute Gasteiger partial charge is 0.362 e. The van der Waals surface area contributed by atoms with Crippen molar-refractivity contribution in [1.82, 2.24) is 10.2 Å². The number of anilines is 1. The van der Waals surface area contributed by atoms with Gasteiger partial charge in [0.05, 0.1) is 0 Å². The summed E-state index contributed by atoms with van der Waals surface area (Å²) in [7, 11) is 2.19. The minimum absolute atomic E-state index is 0.702. The summed E-state index contributed by atoms with van der Waals surface area (Å²) in [4.78, 5) is 2.40. The predicted octanol–water partition coefficient (Wildman–Crippen LogP) is 2.93. The van der Waals surface area contributed by atoms with Crippen LogP contribution in [0.1, 0.15) is 24.0 Å². The summed E-state index contributed by atoms with van der Waals surface area (Å²) in [6.45, 7) is 7.59. The third kappa shape index (κ3) is 4.46. The van der Waals surface area contributed by atoms with Gasteiger partial charge in [-0.1, -0.05) is 6.07 Å². The van der Waals surface area contributed by atoms with Crippen LogP contribution in [0.5, 0.6) is 0 Å². The highest BCUT2D eigenvalue weighted by molar-refractivity contribution is 7.80. The molecule has 1 atom stereocenters. The molecule has 4 heteroatoms. The van der Waals surface area contributed by atoms with Crippen LogP contribution in [0.15, 0.2) is 18.2 Å². The molecule has 0 saturated carbocycles. The van der Waals surface area contributed by atoms with Crippen molar-refractivity contribution in [3.05, 3.63) is 29.3 Å². The molecule has 2 rings (SSSR count). The molecule has 1 heterocycles. The molecule has 1 fully saturated rings. The zero-order valence-electron chi connectivity index (χ0n) is 12.7. The highest BCUT2D eigenvalue weighted by Crippen LogP contribution is 2.15. The molecule has 1 aliphatic heterocycles. The number of likely N-dealkylation sites (tertiary alicyclic amines) is 1. The fourth-order valence-corrected chi connectivity index (χ4v) is 2.87. The lowest BCUT2D eigenvalue weighted by atomic mass is 9.99. The molecule has 0 aliphatic carbocycles. The predicted molar refractivity (Wildman–Crippen MR) is 90.4 cm³/mol. The molecule has 1 aromatic rings. The number of piperidine rings is 1. The Balaban J connectivity index is 1.78. The third-order valence-corrected chi connectivity index (χ3v) is 4.28. The van der Waals surface area contributed by atoms with Crippen LogP contribution in [0.4, 0.5) is 5.69 Å². The van der Waals surface area contributed by atoms with Gasteiger partial charge in [0.2, 0.25) is 0 Å². The molecule has 1 aromatic carbocycles. The van der Waals surface area contributed by atoms with Crippen LogP contribution in [0, 0.1) is 19.8 Å². The van der Waals surface area contributed by atoms with E-state index in [1.165, 1.54) is 37.1 Å². The van der Waals surface area contributed by atoms with E-state index in [-0.39, 0.29) is 0 Å². The maximum absolute atomic E-state index is 5.37. The highest BCUT2D eigenvalue weighted by Gasteiger charge is 2.16. The SMILES string of the molecule is Cc1ccc(NC(=S)NC[C@H]2CCCN(C)C2)cc1C. The van der Waals surface area contributed by atoms with Gasteiger partial charge in [0, 0.05) is 18.8 Å². The maximum atomic E-state index is 5.37. The Morgan fingerprint density at radius 1 is 1.35 bits per heavy atom. The Morgan fingerprint density at radius 3 is 2.85 bits per heavy atom. The Bertz CT molecular complexity index is 473. The van der Waals surface area contributed by atoms with Crippen molar-refractivity contribution in [2.75, 3.05) is 32.0 Å². The molecule has 0 spiro atoms. The van der Waals surface area contributed by atoms with Crippen molar-refractivity contribution in [1.29, 1.82) is 0 Å². The summed E-state index contributed by atoms with van der Waals surface area (Å²) >= 11 is 5.37. The normalized spacial score (nSPS) is 19.6. The van der Waals surface area contributed by atoms with E-state index in [2.05, 4.69) is 54.6 Å². The Hall–Kier alpha value is -1.13. The van der Waals surface area contributed by atoms with E-state index in [1.807, 2.05) is 0 Å². The molecular formula is C16H25N3S. The number of benzene rings is 1. The molecule has 1 saturated heterocycles. The highest BCUT2D eigenvalue weighted by atomic mass is 32.1. The first-order valence-electron chi connectivity index (χ1n) is 7.35. The average molecular weight is 291 g/mol. The Kier molecular flexibility index (Phi) is 5.38. The zero-order valence-corrected chi connectivity index (χ0v) is 13.5. The number of nitrogens with one attached hydrogen (secondary N) is 2. The van der Waals surface area contributed by atoms with Crippen LogP contribution >= 0.6 is 12.2 Å². The van der Waals surface area contributed by atoms with Gasteiger partial charge in [-0.25, -0.2) is 0 Å². The first kappa shape index (κ1) is 15.3. The first-order valence-corrected chi connectivity index (χ1v) is 7.76. The fraction of sp³-hybridized carbons (Fsp3) is 0.562. The summed E-state index contributed by atoms with van der Waals surface area (Å²) in [6.07, 6.45) is 2.59. The Labute approximate surface area is 127 Å². The van der Waals surface area contributed by atoms with E-state index in [0.29, 0.717) is 5.92 Å². The summed E-state index contributed by atoms with van der Waals surface area (Å²) in [5.74, 6) is 0.702. The smallest absolute Gasteiger partial charge is 0.170 e. The van der Waals surface area contributed by atoms with Crippen LogP contribution in [-0.2, 0) is 0 Å². The topological polar surface area (TPSA) is 27.3 Å². The lowest BCUT2D eigenvalue weighted by Gasteiger charge is -2.30. The second-order valence-electron chi connectivity index (χ2n) is 5.90. The molecule has 2 N–H and O–H groups in total. The van der Waals surface area contributed by atoms with Crippen molar-refractivity contribution in [2.24, 2.45) is 5.92 Å². The van der Waals surface area contributed by atoms with E-state index < -0.39 is 0 Å². The lowest BCUT2D eigenvalue weighted by molar-refractivity contribution is 0.211. The van der Waals surface area contributed by atoms with E-state index in [4.69, 9.17) is 12.2 Å². The van der Waals surface area contributed by atoms with Crippen molar-refractivity contribution in [2.45, 2.75) is 26.7 Å². The summed E-state index contributed by atoms with van der Waals surface area (Å²) < 4.78 is 0. The molecule has 1 aliphatic rings. The van der Waals surface area contributed by atoms with E-state index in [9.17, 15) is 0 Å².